The van der Waals surface area contributed by atoms with E-state index in [1.165, 1.54) is 0 Å². The Morgan fingerprint density at radius 3 is 2.94 bits per heavy atom. The molecule has 1 aliphatic heterocycles. The third-order valence-electron chi connectivity index (χ3n) is 6.58. The summed E-state index contributed by atoms with van der Waals surface area (Å²) in [6.07, 6.45) is 3.16. The summed E-state index contributed by atoms with van der Waals surface area (Å²) >= 11 is 3.26. The third-order valence-corrected chi connectivity index (χ3v) is 7.19. The van der Waals surface area contributed by atoms with Crippen molar-refractivity contribution in [2.24, 2.45) is 7.05 Å². The van der Waals surface area contributed by atoms with Gasteiger partial charge in [-0.1, -0.05) is 6.07 Å². The first-order chi connectivity index (χ1) is 15.8. The summed E-state index contributed by atoms with van der Waals surface area (Å²) in [4.78, 5) is 24.3. The average Bonchev–Trinajstić information content (AvgIpc) is 3.37. The highest BCUT2D eigenvalue weighted by atomic mass is 79.9. The number of nitrogens with zero attached hydrogens (tertiary/aromatic N) is 5. The second-order valence-corrected chi connectivity index (χ2v) is 9.49. The SMILES string of the molecule is CC1CN(C(=O)c2cc3c(cn2)nc(N)c2cnn(C)c23)[C@H]2c3ccc(Br)c(F)c3C[C@H]2O1. The molecular formula is C23H20BrFN6O2. The number of nitrogens with two attached hydrogens (primary N) is 1. The van der Waals surface area contributed by atoms with Crippen molar-refractivity contribution in [1.82, 2.24) is 24.6 Å². The molecule has 33 heavy (non-hydrogen) atoms. The zero-order chi connectivity index (χ0) is 23.0. The van der Waals surface area contributed by atoms with Crippen molar-refractivity contribution < 1.29 is 13.9 Å². The first-order valence-corrected chi connectivity index (χ1v) is 11.4. The molecule has 0 bridgehead atoms. The summed E-state index contributed by atoms with van der Waals surface area (Å²) in [5.41, 5.74) is 9.12. The molecule has 10 heteroatoms. The lowest BCUT2D eigenvalue weighted by molar-refractivity contribution is -0.0938. The highest BCUT2D eigenvalue weighted by Gasteiger charge is 2.45. The van der Waals surface area contributed by atoms with E-state index in [1.54, 1.807) is 34.1 Å². The van der Waals surface area contributed by atoms with Crippen LogP contribution >= 0.6 is 15.9 Å². The lowest BCUT2D eigenvalue weighted by atomic mass is 10.0. The van der Waals surface area contributed by atoms with Gasteiger partial charge in [-0.3, -0.25) is 9.48 Å². The topological polar surface area (TPSA) is 99.2 Å². The summed E-state index contributed by atoms with van der Waals surface area (Å²) in [6.45, 7) is 2.31. The van der Waals surface area contributed by atoms with E-state index in [1.807, 2.05) is 20.0 Å². The molecule has 1 unspecified atom stereocenters. The monoisotopic (exact) mass is 510 g/mol. The van der Waals surface area contributed by atoms with E-state index < -0.39 is 0 Å². The quantitative estimate of drug-likeness (QED) is 0.420. The largest absolute Gasteiger partial charge is 0.383 e. The molecule has 3 aromatic heterocycles. The average molecular weight is 511 g/mol. The van der Waals surface area contributed by atoms with Crippen LogP contribution in [0.4, 0.5) is 10.2 Å². The van der Waals surface area contributed by atoms with Gasteiger partial charge in [-0.15, -0.1) is 0 Å². The number of pyridine rings is 2. The van der Waals surface area contributed by atoms with E-state index in [0.29, 0.717) is 34.3 Å². The normalized spacial score (nSPS) is 22.1. The summed E-state index contributed by atoms with van der Waals surface area (Å²) in [6, 6.07) is 4.92. The zero-order valence-corrected chi connectivity index (χ0v) is 19.5. The van der Waals surface area contributed by atoms with Crippen molar-refractivity contribution in [2.75, 3.05) is 12.3 Å². The number of anilines is 1. The Balaban J connectivity index is 1.46. The molecule has 1 saturated heterocycles. The number of aromatic nitrogens is 4. The molecule has 2 aliphatic rings. The molecule has 0 saturated carbocycles. The van der Waals surface area contributed by atoms with E-state index in [4.69, 9.17) is 10.5 Å². The summed E-state index contributed by atoms with van der Waals surface area (Å²) in [5, 5.41) is 5.76. The molecule has 1 aliphatic carbocycles. The molecule has 168 valence electrons. The Morgan fingerprint density at radius 1 is 1.30 bits per heavy atom. The fourth-order valence-electron chi connectivity index (χ4n) is 5.16. The highest BCUT2D eigenvalue weighted by molar-refractivity contribution is 9.10. The molecule has 4 heterocycles. The van der Waals surface area contributed by atoms with Crippen molar-refractivity contribution in [3.05, 3.63) is 57.7 Å². The Morgan fingerprint density at radius 2 is 2.12 bits per heavy atom. The van der Waals surface area contributed by atoms with Crippen LogP contribution in [-0.4, -0.2) is 49.3 Å². The van der Waals surface area contributed by atoms with Crippen LogP contribution in [0.5, 0.6) is 0 Å². The number of morpholine rings is 1. The maximum atomic E-state index is 14.8. The van der Waals surface area contributed by atoms with Gasteiger partial charge in [0.15, 0.2) is 0 Å². The minimum atomic E-state index is -0.370. The number of amides is 1. The highest BCUT2D eigenvalue weighted by Crippen LogP contribution is 2.44. The lowest BCUT2D eigenvalue weighted by Crippen LogP contribution is -2.50. The molecular weight excluding hydrogens is 491 g/mol. The number of benzene rings is 1. The number of rotatable bonds is 1. The van der Waals surface area contributed by atoms with Gasteiger partial charge >= 0.3 is 0 Å². The lowest BCUT2D eigenvalue weighted by Gasteiger charge is -2.41. The number of aryl methyl sites for hydroxylation is 1. The molecule has 0 radical (unpaired) electrons. The second-order valence-electron chi connectivity index (χ2n) is 8.63. The van der Waals surface area contributed by atoms with Gasteiger partial charge in [-0.2, -0.15) is 5.10 Å². The predicted octanol–water partition coefficient (Wildman–Crippen LogP) is 3.53. The number of hydrogen-bond acceptors (Lipinski definition) is 6. The standard InChI is InChI=1S/C23H20BrFN6O2/c1-10-9-31(21-11-3-4-15(24)19(25)12(11)6-18(21)33-10)23(32)16-5-13-17(8-27-16)29-22(26)14-7-28-30(2)20(13)14/h3-5,7-8,10,18,21H,6,9H2,1-2H3,(H2,26,29)/t10?,18-,21+/m1/s1. The van der Waals surface area contributed by atoms with Crippen LogP contribution in [0.2, 0.25) is 0 Å². The Kier molecular flexibility index (Phi) is 4.47. The van der Waals surface area contributed by atoms with Crippen molar-refractivity contribution in [1.29, 1.82) is 0 Å². The maximum Gasteiger partial charge on any atom is 0.273 e. The summed E-state index contributed by atoms with van der Waals surface area (Å²) in [7, 11) is 1.82. The summed E-state index contributed by atoms with van der Waals surface area (Å²) in [5.74, 6) is -0.158. The third kappa shape index (κ3) is 2.97. The van der Waals surface area contributed by atoms with Gasteiger partial charge in [-0.05, 0) is 46.1 Å². The van der Waals surface area contributed by atoms with Gasteiger partial charge in [0.1, 0.15) is 17.3 Å². The second kappa shape index (κ2) is 7.19. The van der Waals surface area contributed by atoms with Crippen molar-refractivity contribution in [2.45, 2.75) is 31.6 Å². The fourth-order valence-corrected chi connectivity index (χ4v) is 5.53. The van der Waals surface area contributed by atoms with Crippen molar-refractivity contribution in [3.8, 4) is 0 Å². The van der Waals surface area contributed by atoms with E-state index in [2.05, 4.69) is 31.0 Å². The van der Waals surface area contributed by atoms with Crippen LogP contribution in [0.1, 0.15) is 34.6 Å². The van der Waals surface area contributed by atoms with Gasteiger partial charge in [0, 0.05) is 25.4 Å². The number of nitrogen functional groups attached to an aromatic ring is 1. The van der Waals surface area contributed by atoms with Gasteiger partial charge in [0.25, 0.3) is 5.91 Å². The molecule has 1 fully saturated rings. The number of fused-ring (bicyclic) bond motifs is 6. The number of carbonyl (C=O) groups is 1. The van der Waals surface area contributed by atoms with Crippen LogP contribution in [0.3, 0.4) is 0 Å². The van der Waals surface area contributed by atoms with E-state index in [0.717, 1.165) is 21.9 Å². The van der Waals surface area contributed by atoms with Crippen LogP contribution in [-0.2, 0) is 18.2 Å². The Hall–Kier alpha value is -3.11. The first-order valence-electron chi connectivity index (χ1n) is 10.6. The molecule has 1 amide bonds. The van der Waals surface area contributed by atoms with E-state index >= 15 is 0 Å². The molecule has 1 aromatic carbocycles. The summed E-state index contributed by atoms with van der Waals surface area (Å²) < 4.78 is 23.1. The number of carbonyl (C=O) groups excluding carboxylic acids is 1. The van der Waals surface area contributed by atoms with Crippen LogP contribution in [0, 0.1) is 5.82 Å². The van der Waals surface area contributed by atoms with Crippen molar-refractivity contribution in [3.63, 3.8) is 0 Å². The number of hydrogen-bond donors (Lipinski definition) is 1. The zero-order valence-electron chi connectivity index (χ0n) is 17.9. The van der Waals surface area contributed by atoms with Gasteiger partial charge < -0.3 is 15.4 Å². The molecule has 8 nitrogen and oxygen atoms in total. The minimum Gasteiger partial charge on any atom is -0.383 e. The van der Waals surface area contributed by atoms with Crippen LogP contribution in [0.25, 0.3) is 21.8 Å². The Bertz CT molecular complexity index is 1470. The van der Waals surface area contributed by atoms with Crippen LogP contribution in [0.15, 0.2) is 35.1 Å². The van der Waals surface area contributed by atoms with E-state index in [9.17, 15) is 9.18 Å². The smallest absolute Gasteiger partial charge is 0.273 e. The fraction of sp³-hybridized carbons (Fsp3) is 0.304. The molecule has 3 atom stereocenters. The van der Waals surface area contributed by atoms with Gasteiger partial charge in [-0.25, -0.2) is 14.4 Å². The van der Waals surface area contributed by atoms with E-state index in [-0.39, 0.29) is 35.7 Å². The van der Waals surface area contributed by atoms with Crippen molar-refractivity contribution >= 4 is 49.5 Å². The molecule has 0 spiro atoms. The van der Waals surface area contributed by atoms with Crippen LogP contribution < -0.4 is 5.73 Å². The Labute approximate surface area is 196 Å². The minimum absolute atomic E-state index is 0.179. The molecule has 6 rings (SSSR count). The van der Waals surface area contributed by atoms with Gasteiger partial charge in [0.05, 0.1) is 51.5 Å². The predicted molar refractivity (Wildman–Crippen MR) is 124 cm³/mol. The first kappa shape index (κ1) is 20.5. The molecule has 4 aromatic rings. The number of halogens is 2. The molecule has 2 N–H and O–H groups in total. The number of ether oxygens (including phenoxy) is 1. The maximum absolute atomic E-state index is 14.8. The van der Waals surface area contributed by atoms with Gasteiger partial charge in [0.2, 0.25) is 0 Å².